The number of nitrogens with two attached hydrogens (primary N) is 1. The van der Waals surface area contributed by atoms with E-state index in [4.69, 9.17) is 10.5 Å². The molecule has 1 aliphatic rings. The fourth-order valence-electron chi connectivity index (χ4n) is 3.37. The number of aliphatic hydroxyl groups is 1. The number of aromatic nitrogens is 1. The van der Waals surface area contributed by atoms with Crippen LogP contribution in [0.3, 0.4) is 0 Å². The van der Waals surface area contributed by atoms with Gasteiger partial charge >= 0.3 is 0 Å². The summed E-state index contributed by atoms with van der Waals surface area (Å²) in [7, 11) is 0. The van der Waals surface area contributed by atoms with Gasteiger partial charge in [0, 0.05) is 21.8 Å². The molecular formula is C17H17FN2O2. The third-order valence-electron chi connectivity index (χ3n) is 4.44. The lowest BCUT2D eigenvalue weighted by molar-refractivity contribution is -0.0416. The summed E-state index contributed by atoms with van der Waals surface area (Å²) in [6.45, 7) is 0.740. The quantitative estimate of drug-likeness (QED) is 0.724. The van der Waals surface area contributed by atoms with Crippen molar-refractivity contribution in [2.24, 2.45) is 5.73 Å². The normalized spacial score (nSPS) is 25.9. The molecular weight excluding hydrogens is 283 g/mol. The Kier molecular flexibility index (Phi) is 3.14. The number of rotatable bonds is 1. The second kappa shape index (κ2) is 5.05. The molecule has 0 aliphatic carbocycles. The number of halogens is 1. The van der Waals surface area contributed by atoms with E-state index in [0.717, 1.165) is 21.8 Å². The summed E-state index contributed by atoms with van der Waals surface area (Å²) in [4.78, 5) is 0. The third-order valence-corrected chi connectivity index (χ3v) is 4.44. The molecule has 22 heavy (non-hydrogen) atoms. The summed E-state index contributed by atoms with van der Waals surface area (Å²) in [5.74, 6) is -0.271. The van der Waals surface area contributed by atoms with Gasteiger partial charge in [0.15, 0.2) is 0 Å². The topological polar surface area (TPSA) is 60.4 Å². The van der Waals surface area contributed by atoms with Crippen molar-refractivity contribution in [2.45, 2.75) is 18.2 Å². The number of ether oxygens (including phenoxy) is 1. The summed E-state index contributed by atoms with van der Waals surface area (Å²) < 4.78 is 21.2. The Morgan fingerprint density at radius 2 is 1.86 bits per heavy atom. The van der Waals surface area contributed by atoms with Gasteiger partial charge in [-0.3, -0.25) is 0 Å². The molecule has 114 valence electrons. The molecule has 2 heterocycles. The van der Waals surface area contributed by atoms with Crippen LogP contribution in [0.1, 0.15) is 6.04 Å². The average Bonchev–Trinajstić information content (AvgIpc) is 2.84. The van der Waals surface area contributed by atoms with E-state index in [-0.39, 0.29) is 11.9 Å². The van der Waals surface area contributed by atoms with Gasteiger partial charge in [-0.15, -0.1) is 0 Å². The highest BCUT2D eigenvalue weighted by molar-refractivity contribution is 6.08. The molecule has 1 aliphatic heterocycles. The lowest BCUT2D eigenvalue weighted by Crippen LogP contribution is -2.49. The smallest absolute Gasteiger partial charge is 0.123 e. The van der Waals surface area contributed by atoms with Crippen LogP contribution < -0.4 is 5.73 Å². The number of fused-ring (bicyclic) bond motifs is 3. The zero-order valence-electron chi connectivity index (χ0n) is 11.9. The molecule has 3 aromatic rings. The van der Waals surface area contributed by atoms with Crippen LogP contribution >= 0.6 is 0 Å². The predicted octanol–water partition coefficient (Wildman–Crippen LogP) is 2.19. The summed E-state index contributed by atoms with van der Waals surface area (Å²) in [6.07, 6.45) is -0.696. The number of nitrogens with zero attached hydrogens (tertiary/aromatic N) is 1. The predicted molar refractivity (Wildman–Crippen MR) is 83.2 cm³/mol. The first-order chi connectivity index (χ1) is 10.7. The zero-order valence-corrected chi connectivity index (χ0v) is 11.9. The van der Waals surface area contributed by atoms with Crippen molar-refractivity contribution < 1.29 is 14.2 Å². The Labute approximate surface area is 126 Å². The van der Waals surface area contributed by atoms with Crippen LogP contribution in [0.15, 0.2) is 42.5 Å². The van der Waals surface area contributed by atoms with Gasteiger partial charge in [-0.2, -0.15) is 0 Å². The monoisotopic (exact) mass is 300 g/mol. The maximum Gasteiger partial charge on any atom is 0.123 e. The second-order valence-corrected chi connectivity index (χ2v) is 5.81. The standard InChI is InChI=1S/C17H17FN2O2/c18-10-5-6-15-12(7-10)11-3-1-2-4-14(11)20(15)16-9-22-8-13(19)17(16)21/h1-7,13,16-17,21H,8-9,19H2/t13-,16+,17+/m1/s1. The van der Waals surface area contributed by atoms with E-state index in [9.17, 15) is 9.50 Å². The van der Waals surface area contributed by atoms with Crippen LogP contribution in [0, 0.1) is 5.82 Å². The Balaban J connectivity index is 2.02. The fraction of sp³-hybridized carbons (Fsp3) is 0.294. The van der Waals surface area contributed by atoms with Gasteiger partial charge in [0.05, 0.1) is 31.4 Å². The first-order valence-electron chi connectivity index (χ1n) is 7.36. The maximum absolute atomic E-state index is 13.7. The van der Waals surface area contributed by atoms with Crippen molar-refractivity contribution in [3.05, 3.63) is 48.3 Å². The van der Waals surface area contributed by atoms with Crippen molar-refractivity contribution in [3.8, 4) is 0 Å². The summed E-state index contributed by atoms with van der Waals surface area (Å²) >= 11 is 0. The molecule has 1 aromatic heterocycles. The van der Waals surface area contributed by atoms with Crippen LogP contribution in [-0.2, 0) is 4.74 Å². The first-order valence-corrected chi connectivity index (χ1v) is 7.36. The lowest BCUT2D eigenvalue weighted by atomic mass is 10.0. The molecule has 1 saturated heterocycles. The molecule has 3 atom stereocenters. The highest BCUT2D eigenvalue weighted by Crippen LogP contribution is 2.34. The molecule has 3 N–H and O–H groups in total. The van der Waals surface area contributed by atoms with Gasteiger partial charge in [0.2, 0.25) is 0 Å². The van der Waals surface area contributed by atoms with Crippen molar-refractivity contribution in [1.82, 2.24) is 4.57 Å². The van der Waals surface area contributed by atoms with E-state index in [0.29, 0.717) is 13.2 Å². The van der Waals surface area contributed by atoms with Crippen LogP contribution in [0.4, 0.5) is 4.39 Å². The Morgan fingerprint density at radius 1 is 1.09 bits per heavy atom. The number of aliphatic hydroxyl groups excluding tert-OH is 1. The molecule has 4 rings (SSSR count). The summed E-state index contributed by atoms with van der Waals surface area (Å²) in [6, 6.07) is 11.8. The number of hydrogen-bond acceptors (Lipinski definition) is 3. The lowest BCUT2D eigenvalue weighted by Gasteiger charge is -2.34. The minimum absolute atomic E-state index is 0.271. The molecule has 0 radical (unpaired) electrons. The van der Waals surface area contributed by atoms with E-state index in [1.807, 2.05) is 28.8 Å². The molecule has 0 bridgehead atoms. The molecule has 0 spiro atoms. The highest BCUT2D eigenvalue weighted by atomic mass is 19.1. The van der Waals surface area contributed by atoms with E-state index in [1.165, 1.54) is 12.1 Å². The van der Waals surface area contributed by atoms with E-state index >= 15 is 0 Å². The highest BCUT2D eigenvalue weighted by Gasteiger charge is 2.33. The van der Waals surface area contributed by atoms with Crippen molar-refractivity contribution in [3.63, 3.8) is 0 Å². The van der Waals surface area contributed by atoms with Gasteiger partial charge < -0.3 is 20.1 Å². The third kappa shape index (κ3) is 1.94. The molecule has 4 nitrogen and oxygen atoms in total. The van der Waals surface area contributed by atoms with Gasteiger partial charge in [-0.25, -0.2) is 4.39 Å². The Hall–Kier alpha value is -1.95. The maximum atomic E-state index is 13.7. The van der Waals surface area contributed by atoms with Gasteiger partial charge in [0.1, 0.15) is 5.82 Å². The van der Waals surface area contributed by atoms with Crippen molar-refractivity contribution in [1.29, 1.82) is 0 Å². The van der Waals surface area contributed by atoms with Crippen molar-refractivity contribution >= 4 is 21.8 Å². The number of para-hydroxylation sites is 1. The largest absolute Gasteiger partial charge is 0.389 e. The van der Waals surface area contributed by atoms with Crippen molar-refractivity contribution in [2.75, 3.05) is 13.2 Å². The Morgan fingerprint density at radius 3 is 2.73 bits per heavy atom. The number of hydrogen-bond donors (Lipinski definition) is 2. The Bertz CT molecular complexity index is 845. The zero-order chi connectivity index (χ0) is 15.3. The molecule has 0 unspecified atom stereocenters. The SMILES string of the molecule is N[C@@H]1COC[C@H](n2c3ccccc3c3cc(F)ccc32)[C@H]1O. The van der Waals surface area contributed by atoms with E-state index < -0.39 is 12.1 Å². The molecule has 0 amide bonds. The minimum atomic E-state index is -0.696. The molecule has 5 heteroatoms. The molecule has 2 aromatic carbocycles. The van der Waals surface area contributed by atoms with Crippen LogP contribution in [0.5, 0.6) is 0 Å². The van der Waals surface area contributed by atoms with E-state index in [2.05, 4.69) is 0 Å². The average molecular weight is 300 g/mol. The molecule has 1 fully saturated rings. The summed E-state index contributed by atoms with van der Waals surface area (Å²) in [5.41, 5.74) is 7.77. The summed E-state index contributed by atoms with van der Waals surface area (Å²) in [5, 5.41) is 12.3. The fourth-order valence-corrected chi connectivity index (χ4v) is 3.37. The van der Waals surface area contributed by atoms with Gasteiger partial charge in [0.25, 0.3) is 0 Å². The van der Waals surface area contributed by atoms with Gasteiger partial charge in [-0.05, 0) is 24.3 Å². The van der Waals surface area contributed by atoms with Gasteiger partial charge in [-0.1, -0.05) is 18.2 Å². The second-order valence-electron chi connectivity index (χ2n) is 5.81. The van der Waals surface area contributed by atoms with E-state index in [1.54, 1.807) is 6.07 Å². The van der Waals surface area contributed by atoms with Crippen LogP contribution in [0.25, 0.3) is 21.8 Å². The number of benzene rings is 2. The minimum Gasteiger partial charge on any atom is -0.389 e. The molecule has 0 saturated carbocycles. The first kappa shape index (κ1) is 13.7. The van der Waals surface area contributed by atoms with Crippen LogP contribution in [0.2, 0.25) is 0 Å². The van der Waals surface area contributed by atoms with Crippen LogP contribution in [-0.4, -0.2) is 35.0 Å².